The van der Waals surface area contributed by atoms with E-state index in [2.05, 4.69) is 5.32 Å². The molecule has 2 N–H and O–H groups in total. The predicted molar refractivity (Wildman–Crippen MR) is 30.4 cm³/mol. The zero-order valence-electron chi connectivity index (χ0n) is 5.14. The van der Waals surface area contributed by atoms with Gasteiger partial charge >= 0.3 is 0 Å². The Labute approximate surface area is 48.7 Å². The summed E-state index contributed by atoms with van der Waals surface area (Å²) in [5.74, 6) is -0.105. The number of aliphatic hydroxyl groups is 1. The van der Waals surface area contributed by atoms with Crippen molar-refractivity contribution < 1.29 is 9.90 Å². The van der Waals surface area contributed by atoms with E-state index in [0.717, 1.165) is 0 Å². The molecule has 0 radical (unpaired) electrons. The Balaban J connectivity index is 3.24. The molecule has 0 unspecified atom stereocenters. The van der Waals surface area contributed by atoms with E-state index >= 15 is 0 Å². The maximum atomic E-state index is 10.2. The lowest BCUT2D eigenvalue weighted by Gasteiger charge is -2.06. The van der Waals surface area contributed by atoms with Crippen LogP contribution in [0.2, 0.25) is 0 Å². The van der Waals surface area contributed by atoms with E-state index in [1.165, 1.54) is 6.92 Å². The third kappa shape index (κ3) is 3.61. The van der Waals surface area contributed by atoms with E-state index in [9.17, 15) is 4.79 Å². The molecule has 0 aliphatic rings. The summed E-state index contributed by atoms with van der Waals surface area (Å²) in [6.07, 6.45) is 0. The first-order valence-corrected chi connectivity index (χ1v) is 2.54. The van der Waals surface area contributed by atoms with Crippen LogP contribution < -0.4 is 5.32 Å². The Morgan fingerprint density at radius 1 is 1.88 bits per heavy atom. The second kappa shape index (κ2) is 3.43. The Kier molecular flexibility index (Phi) is 3.19. The van der Waals surface area contributed by atoms with Crippen LogP contribution in [-0.4, -0.2) is 23.7 Å². The lowest BCUT2D eigenvalue weighted by Crippen LogP contribution is -2.32. The van der Waals surface area contributed by atoms with Gasteiger partial charge in [0, 0.05) is 13.0 Å². The number of carbonyl (C=O) groups excluding carboxylic acids is 1. The van der Waals surface area contributed by atoms with Crippen LogP contribution >= 0.6 is 0 Å². The molecule has 0 fully saturated rings. The van der Waals surface area contributed by atoms with Gasteiger partial charge in [0.2, 0.25) is 5.91 Å². The molecule has 0 aromatic carbocycles. The maximum Gasteiger partial charge on any atom is 0.217 e. The molecule has 48 valence electrons. The molecule has 0 rings (SSSR count). The minimum absolute atomic E-state index is 0.000417. The first-order chi connectivity index (χ1) is 3.66. The van der Waals surface area contributed by atoms with Crippen molar-refractivity contribution in [2.75, 3.05) is 6.61 Å². The van der Waals surface area contributed by atoms with E-state index in [1.54, 1.807) is 6.92 Å². The summed E-state index contributed by atoms with van der Waals surface area (Å²) in [5, 5.41) is 10.9. The van der Waals surface area contributed by atoms with Crippen LogP contribution in [0.3, 0.4) is 0 Å². The highest BCUT2D eigenvalue weighted by Gasteiger charge is 1.97. The minimum atomic E-state index is -0.118. The van der Waals surface area contributed by atoms with E-state index in [1.807, 2.05) is 0 Å². The van der Waals surface area contributed by atoms with Crippen molar-refractivity contribution in [3.8, 4) is 0 Å². The van der Waals surface area contributed by atoms with Crippen LogP contribution in [0.15, 0.2) is 0 Å². The molecular weight excluding hydrogens is 106 g/mol. The first-order valence-electron chi connectivity index (χ1n) is 2.54. The van der Waals surface area contributed by atoms with Gasteiger partial charge in [0.25, 0.3) is 0 Å². The maximum absolute atomic E-state index is 10.2. The number of rotatable bonds is 2. The highest BCUT2D eigenvalue weighted by atomic mass is 16.3. The summed E-state index contributed by atoms with van der Waals surface area (Å²) in [4.78, 5) is 10.2. The van der Waals surface area contributed by atoms with Crippen LogP contribution in [0.1, 0.15) is 13.8 Å². The number of hydrogen-bond donors (Lipinski definition) is 2. The molecule has 0 aromatic heterocycles. The van der Waals surface area contributed by atoms with Crippen molar-refractivity contribution in [3.63, 3.8) is 0 Å². The molecule has 0 heterocycles. The number of hydrogen-bond acceptors (Lipinski definition) is 2. The lowest BCUT2D eigenvalue weighted by molar-refractivity contribution is -0.119. The van der Waals surface area contributed by atoms with Crippen molar-refractivity contribution in [1.29, 1.82) is 0 Å². The Morgan fingerprint density at radius 2 is 2.38 bits per heavy atom. The predicted octanol–water partition coefficient (Wildman–Crippen LogP) is -0.497. The third-order valence-electron chi connectivity index (χ3n) is 0.724. The van der Waals surface area contributed by atoms with Gasteiger partial charge in [-0.1, -0.05) is 0 Å². The fourth-order valence-electron chi connectivity index (χ4n) is 0.393. The summed E-state index contributed by atoms with van der Waals surface area (Å²) in [6.45, 7) is 3.16. The Bertz CT molecular complexity index is 82.5. The van der Waals surface area contributed by atoms with Gasteiger partial charge in [-0.25, -0.2) is 0 Å². The van der Waals surface area contributed by atoms with Crippen molar-refractivity contribution in [2.24, 2.45) is 0 Å². The average Bonchev–Trinajstić information content (AvgIpc) is 1.65. The van der Waals surface area contributed by atoms with Crippen molar-refractivity contribution in [3.05, 3.63) is 0 Å². The zero-order valence-corrected chi connectivity index (χ0v) is 5.14. The van der Waals surface area contributed by atoms with Crippen LogP contribution in [0, 0.1) is 0 Å². The molecule has 0 aliphatic carbocycles. The standard InChI is InChI=1S/C5H11NO2/c1-4(3-7)6-5(2)8/h4,7H,3H2,1-2H3,(H,6,8)/t4-/m1/s1. The van der Waals surface area contributed by atoms with E-state index < -0.39 is 0 Å². The van der Waals surface area contributed by atoms with Crippen molar-refractivity contribution in [1.82, 2.24) is 5.32 Å². The van der Waals surface area contributed by atoms with Gasteiger partial charge < -0.3 is 10.4 Å². The topological polar surface area (TPSA) is 49.3 Å². The molecule has 0 aromatic rings. The van der Waals surface area contributed by atoms with Crippen LogP contribution in [-0.2, 0) is 4.79 Å². The number of nitrogens with one attached hydrogen (secondary N) is 1. The molecule has 8 heavy (non-hydrogen) atoms. The first kappa shape index (κ1) is 7.43. The smallest absolute Gasteiger partial charge is 0.217 e. The van der Waals surface area contributed by atoms with Gasteiger partial charge in [0.1, 0.15) is 0 Å². The summed E-state index contributed by atoms with van der Waals surface area (Å²) < 4.78 is 0. The quantitative estimate of drug-likeness (QED) is 0.512. The summed E-state index contributed by atoms with van der Waals surface area (Å²) >= 11 is 0. The number of amides is 1. The van der Waals surface area contributed by atoms with Gasteiger partial charge in [0.15, 0.2) is 0 Å². The second-order valence-corrected chi connectivity index (χ2v) is 1.78. The van der Waals surface area contributed by atoms with Crippen LogP contribution in [0.25, 0.3) is 0 Å². The SMILES string of the molecule is CC(=O)N[C@H](C)CO. The molecule has 3 nitrogen and oxygen atoms in total. The summed E-state index contributed by atoms with van der Waals surface area (Å²) in [7, 11) is 0. The zero-order chi connectivity index (χ0) is 6.57. The molecule has 0 saturated heterocycles. The van der Waals surface area contributed by atoms with Gasteiger partial charge in [-0.05, 0) is 6.92 Å². The largest absolute Gasteiger partial charge is 0.394 e. The molecular formula is C5H11NO2. The molecule has 0 aliphatic heterocycles. The molecule has 0 bridgehead atoms. The number of aliphatic hydroxyl groups excluding tert-OH is 1. The van der Waals surface area contributed by atoms with Gasteiger partial charge in [-0.15, -0.1) is 0 Å². The van der Waals surface area contributed by atoms with Crippen molar-refractivity contribution >= 4 is 5.91 Å². The minimum Gasteiger partial charge on any atom is -0.394 e. The molecule has 3 heteroatoms. The summed E-state index contributed by atoms with van der Waals surface area (Å²) in [6, 6.07) is -0.118. The van der Waals surface area contributed by atoms with Crippen LogP contribution in [0.4, 0.5) is 0 Å². The fraction of sp³-hybridized carbons (Fsp3) is 0.800. The molecule has 1 amide bonds. The van der Waals surface area contributed by atoms with Crippen molar-refractivity contribution in [2.45, 2.75) is 19.9 Å². The normalized spacial score (nSPS) is 12.9. The monoisotopic (exact) mass is 117 g/mol. The average molecular weight is 117 g/mol. The fourth-order valence-corrected chi connectivity index (χ4v) is 0.393. The summed E-state index contributed by atoms with van der Waals surface area (Å²) in [5.41, 5.74) is 0. The highest BCUT2D eigenvalue weighted by molar-refractivity contribution is 5.73. The lowest BCUT2D eigenvalue weighted by atomic mass is 10.4. The van der Waals surface area contributed by atoms with E-state index in [4.69, 9.17) is 5.11 Å². The van der Waals surface area contributed by atoms with Crippen LogP contribution in [0.5, 0.6) is 0 Å². The Hall–Kier alpha value is -0.570. The van der Waals surface area contributed by atoms with Gasteiger partial charge in [-0.3, -0.25) is 4.79 Å². The van der Waals surface area contributed by atoms with E-state index in [0.29, 0.717) is 0 Å². The molecule has 0 spiro atoms. The highest BCUT2D eigenvalue weighted by Crippen LogP contribution is 1.75. The molecule has 1 atom stereocenters. The number of carbonyl (C=O) groups is 1. The van der Waals surface area contributed by atoms with Gasteiger partial charge in [-0.2, -0.15) is 0 Å². The van der Waals surface area contributed by atoms with Gasteiger partial charge in [0.05, 0.1) is 6.61 Å². The van der Waals surface area contributed by atoms with E-state index in [-0.39, 0.29) is 18.6 Å². The third-order valence-corrected chi connectivity index (χ3v) is 0.724. The Morgan fingerprint density at radius 3 is 2.50 bits per heavy atom. The second-order valence-electron chi connectivity index (χ2n) is 1.78. The molecule has 0 saturated carbocycles.